The summed E-state index contributed by atoms with van der Waals surface area (Å²) in [5.41, 5.74) is 3.73. The molecule has 0 aliphatic rings. The average molecular weight is 519 g/mol. The second kappa shape index (κ2) is 8.08. The summed E-state index contributed by atoms with van der Waals surface area (Å²) in [6.45, 7) is 0. The number of para-hydroxylation sites is 3. The Balaban J connectivity index is 1.56. The van der Waals surface area contributed by atoms with Gasteiger partial charge in [-0.15, -0.1) is 0 Å². The summed E-state index contributed by atoms with van der Waals surface area (Å²) in [6, 6.07) is 22.9. The Morgan fingerprint density at radius 3 is 1.68 bits per heavy atom. The van der Waals surface area contributed by atoms with E-state index in [1.165, 1.54) is 0 Å². The molecule has 0 aliphatic heterocycles. The quantitative estimate of drug-likeness (QED) is 0.213. The van der Waals surface area contributed by atoms with Crippen molar-refractivity contribution in [2.24, 2.45) is 0 Å². The summed E-state index contributed by atoms with van der Waals surface area (Å²) < 4.78 is 84.4. The highest BCUT2D eigenvalue weighted by Gasteiger charge is 2.20. The van der Waals surface area contributed by atoms with Gasteiger partial charge in [0, 0.05) is 32.7 Å². The molecule has 2 heteroatoms. The van der Waals surface area contributed by atoms with Gasteiger partial charge < -0.3 is 8.83 Å². The number of furan rings is 2. The first-order valence-corrected chi connectivity index (χ1v) is 13.0. The van der Waals surface area contributed by atoms with E-state index in [0.717, 1.165) is 21.5 Å². The minimum absolute atomic E-state index is 0.131. The summed E-state index contributed by atoms with van der Waals surface area (Å²) in [4.78, 5) is 0. The lowest BCUT2D eigenvalue weighted by Gasteiger charge is -2.17. The van der Waals surface area contributed by atoms with Gasteiger partial charge in [0.15, 0.2) is 0 Å². The van der Waals surface area contributed by atoms with Crippen LogP contribution in [0.2, 0.25) is 0 Å². The van der Waals surface area contributed by atoms with Crippen LogP contribution in [0.15, 0.2) is 142 Å². The first-order valence-electron chi connectivity index (χ1n) is 17.0. The second-order valence-electron chi connectivity index (χ2n) is 9.84. The third-order valence-corrected chi connectivity index (χ3v) is 7.72. The zero-order chi connectivity index (χ0) is 33.2. The van der Waals surface area contributed by atoms with E-state index < -0.39 is 24.2 Å². The van der Waals surface area contributed by atoms with Crippen molar-refractivity contribution in [2.45, 2.75) is 0 Å². The molecule has 9 aromatic rings. The lowest BCUT2D eigenvalue weighted by Crippen LogP contribution is -1.91. The third kappa shape index (κ3) is 2.93. The van der Waals surface area contributed by atoms with Gasteiger partial charge >= 0.3 is 0 Å². The van der Waals surface area contributed by atoms with Gasteiger partial charge in [0.25, 0.3) is 0 Å². The molecule has 0 aliphatic carbocycles. The van der Waals surface area contributed by atoms with Crippen molar-refractivity contribution in [1.29, 1.82) is 0 Å². The second-order valence-corrected chi connectivity index (χ2v) is 9.84. The lowest BCUT2D eigenvalue weighted by molar-refractivity contribution is 0.669. The zero-order valence-corrected chi connectivity index (χ0v) is 20.9. The maximum atomic E-state index is 9.26. The highest BCUT2D eigenvalue weighted by molar-refractivity contribution is 6.24. The Bertz CT molecular complexity index is 2800. The first kappa shape index (κ1) is 15.3. The maximum Gasteiger partial charge on any atom is 0.143 e. The van der Waals surface area contributed by atoms with Crippen LogP contribution in [0.3, 0.4) is 0 Å². The molecule has 0 bridgehead atoms. The van der Waals surface area contributed by atoms with Gasteiger partial charge in [-0.05, 0) is 56.9 Å². The predicted octanol–water partition coefficient (Wildman–Crippen LogP) is 11.1. The number of fused-ring (bicyclic) bond motifs is 8. The normalized spacial score (nSPS) is 14.8. The number of hydrogen-bond acceptors (Lipinski definition) is 2. The molecule has 0 saturated heterocycles. The molecule has 40 heavy (non-hydrogen) atoms. The molecule has 0 saturated carbocycles. The largest absolute Gasteiger partial charge is 0.456 e. The Morgan fingerprint density at radius 2 is 0.975 bits per heavy atom. The van der Waals surface area contributed by atoms with Gasteiger partial charge in [-0.1, -0.05) is 109 Å². The molecular weight excluding hydrogens is 488 g/mol. The minimum atomic E-state index is -0.454. The van der Waals surface area contributed by atoms with Crippen LogP contribution in [0.25, 0.3) is 87.7 Å². The van der Waals surface area contributed by atoms with Crippen molar-refractivity contribution >= 4 is 65.4 Å². The van der Waals surface area contributed by atoms with Gasteiger partial charge in [0.05, 0.1) is 11.0 Å². The van der Waals surface area contributed by atoms with Gasteiger partial charge in [-0.2, -0.15) is 0 Å². The molecule has 0 amide bonds. The zero-order valence-electron chi connectivity index (χ0n) is 28.9. The maximum absolute atomic E-state index is 9.26. The van der Waals surface area contributed by atoms with Crippen molar-refractivity contribution in [3.8, 4) is 22.3 Å². The Morgan fingerprint density at radius 1 is 0.425 bits per heavy atom. The number of hydrogen-bond donors (Lipinski definition) is 0. The summed E-state index contributed by atoms with van der Waals surface area (Å²) in [7, 11) is 0. The van der Waals surface area contributed by atoms with Crippen molar-refractivity contribution in [2.75, 3.05) is 0 Å². The van der Waals surface area contributed by atoms with Gasteiger partial charge in [-0.25, -0.2) is 0 Å². The molecule has 7 aromatic carbocycles. The van der Waals surface area contributed by atoms with Crippen molar-refractivity contribution in [1.82, 2.24) is 0 Å². The summed E-state index contributed by atoms with van der Waals surface area (Å²) >= 11 is 0. The predicted molar refractivity (Wildman–Crippen MR) is 167 cm³/mol. The van der Waals surface area contributed by atoms with Gasteiger partial charge in [0.2, 0.25) is 0 Å². The fraction of sp³-hybridized carbons (Fsp3) is 0. The molecule has 0 fully saturated rings. The van der Waals surface area contributed by atoms with Crippen LogP contribution in [0.1, 0.15) is 11.0 Å². The Labute approximate surface area is 240 Å². The fourth-order valence-electron chi connectivity index (χ4n) is 6.01. The van der Waals surface area contributed by atoms with Crippen molar-refractivity contribution in [3.05, 3.63) is 133 Å². The first-order chi connectivity index (χ1) is 23.2. The Hall–Kier alpha value is -5.34. The van der Waals surface area contributed by atoms with E-state index in [1.54, 1.807) is 18.2 Å². The van der Waals surface area contributed by atoms with Crippen LogP contribution >= 0.6 is 0 Å². The minimum Gasteiger partial charge on any atom is -0.456 e. The topological polar surface area (TPSA) is 26.3 Å². The van der Waals surface area contributed by atoms with Crippen LogP contribution in [0.5, 0.6) is 0 Å². The SMILES string of the molecule is [2H]c1c([2H])c([2H])c2c(-c3cccc4c3oc3ccccc34)c3c([2H])c([2H])c([2H])c([2H])c3c(-c3ccc4c(c3)oc3ccccc34)c2c1[2H]. The average Bonchev–Trinajstić information content (AvgIpc) is 3.68. The van der Waals surface area contributed by atoms with E-state index in [4.69, 9.17) is 14.3 Å². The van der Waals surface area contributed by atoms with E-state index >= 15 is 0 Å². The molecule has 2 heterocycles. The molecule has 0 N–H and O–H groups in total. The third-order valence-electron chi connectivity index (χ3n) is 7.72. The molecular formula is C38H22O2. The van der Waals surface area contributed by atoms with Gasteiger partial charge in [0.1, 0.15) is 22.3 Å². The summed E-state index contributed by atoms with van der Waals surface area (Å²) in [5.74, 6) is 0. The lowest BCUT2D eigenvalue weighted by atomic mass is 9.85. The monoisotopic (exact) mass is 518 g/mol. The van der Waals surface area contributed by atoms with Crippen LogP contribution in [0, 0.1) is 0 Å². The van der Waals surface area contributed by atoms with Crippen LogP contribution in [-0.2, 0) is 0 Å². The molecule has 0 radical (unpaired) electrons. The molecule has 2 nitrogen and oxygen atoms in total. The van der Waals surface area contributed by atoms with Crippen LogP contribution in [0.4, 0.5) is 0 Å². The number of rotatable bonds is 2. The molecule has 186 valence electrons. The van der Waals surface area contributed by atoms with E-state index in [0.29, 0.717) is 33.5 Å². The van der Waals surface area contributed by atoms with E-state index in [9.17, 15) is 5.48 Å². The number of benzene rings is 7. The molecule has 0 spiro atoms. The molecule has 0 atom stereocenters. The van der Waals surface area contributed by atoms with Crippen LogP contribution < -0.4 is 0 Å². The van der Waals surface area contributed by atoms with Crippen molar-refractivity contribution in [3.63, 3.8) is 0 Å². The van der Waals surface area contributed by atoms with E-state index in [2.05, 4.69) is 0 Å². The summed E-state index contributed by atoms with van der Waals surface area (Å²) in [5, 5.41) is 3.91. The van der Waals surface area contributed by atoms with Gasteiger partial charge in [-0.3, -0.25) is 0 Å². The fourth-order valence-corrected chi connectivity index (χ4v) is 6.01. The highest BCUT2D eigenvalue weighted by atomic mass is 16.3. The molecule has 0 unspecified atom stereocenters. The molecule has 2 aromatic heterocycles. The standard InChI is InChI=1S/C38H22O2/c1-3-14-29-27(12-1)36(23-20-21-26-24-10-5-7-18-33(24)39-35(26)22-23)28-13-2-4-15-30(28)37(29)32-17-9-16-31-25-11-6-8-19-34(25)40-38(31)32/h1-22H/i1D,2D,3D,4D,12D,13D,14D,15D. The summed E-state index contributed by atoms with van der Waals surface area (Å²) in [6.07, 6.45) is 0. The van der Waals surface area contributed by atoms with Crippen LogP contribution in [-0.4, -0.2) is 0 Å². The smallest absolute Gasteiger partial charge is 0.143 e. The molecule has 9 rings (SSSR count). The van der Waals surface area contributed by atoms with Crippen molar-refractivity contribution < 1.29 is 19.8 Å². The van der Waals surface area contributed by atoms with E-state index in [-0.39, 0.29) is 56.8 Å². The Kier molecular flexibility index (Phi) is 3.09. The highest BCUT2D eigenvalue weighted by Crippen LogP contribution is 2.47. The van der Waals surface area contributed by atoms with E-state index in [1.807, 2.05) is 66.7 Å².